The fourth-order valence-corrected chi connectivity index (χ4v) is 3.58. The Morgan fingerprint density at radius 1 is 1.17 bits per heavy atom. The zero-order chi connectivity index (χ0) is 20.5. The smallest absolute Gasteiger partial charge is 0.230 e. The number of ether oxygens (including phenoxy) is 3. The van der Waals surface area contributed by atoms with Gasteiger partial charge in [-0.05, 0) is 29.8 Å². The minimum Gasteiger partial charge on any atom is -0.493 e. The normalized spacial score (nSPS) is 15.3. The van der Waals surface area contributed by atoms with E-state index < -0.39 is 5.92 Å². The maximum atomic E-state index is 9.67. The van der Waals surface area contributed by atoms with Crippen LogP contribution in [0.3, 0.4) is 0 Å². The molecule has 0 fully saturated rings. The van der Waals surface area contributed by atoms with Crippen LogP contribution < -0.4 is 19.9 Å². The van der Waals surface area contributed by atoms with Crippen LogP contribution in [0, 0.1) is 11.3 Å². The maximum Gasteiger partial charge on any atom is 0.230 e. The van der Waals surface area contributed by atoms with Crippen molar-refractivity contribution in [2.24, 2.45) is 5.73 Å². The van der Waals surface area contributed by atoms with Gasteiger partial charge in [0.1, 0.15) is 23.7 Å². The average Bonchev–Trinajstić information content (AvgIpc) is 3.15. The van der Waals surface area contributed by atoms with E-state index in [0.717, 1.165) is 11.3 Å². The summed E-state index contributed by atoms with van der Waals surface area (Å²) in [6, 6.07) is 14.9. The van der Waals surface area contributed by atoms with Crippen molar-refractivity contribution in [3.63, 3.8) is 0 Å². The molecule has 1 aromatic heterocycles. The molecule has 1 atom stereocenters. The summed E-state index contributed by atoms with van der Waals surface area (Å²) in [4.78, 5) is 4.53. The third kappa shape index (κ3) is 3.13. The molecule has 0 spiro atoms. The molecule has 8 heteroatoms. The first-order valence-corrected chi connectivity index (χ1v) is 9.07. The zero-order valence-corrected chi connectivity index (χ0v) is 16.5. The molecule has 1 unspecified atom stereocenters. The van der Waals surface area contributed by atoms with E-state index in [-0.39, 0.29) is 11.5 Å². The lowest BCUT2D eigenvalue weighted by molar-refractivity contribution is 0.354. The van der Waals surface area contributed by atoms with Crippen LogP contribution >= 0.6 is 11.6 Å². The molecular weight excluding hydrogens is 392 g/mol. The van der Waals surface area contributed by atoms with Gasteiger partial charge in [-0.25, -0.2) is 4.98 Å². The summed E-state index contributed by atoms with van der Waals surface area (Å²) in [6.07, 6.45) is 1.62. The van der Waals surface area contributed by atoms with Crippen molar-refractivity contribution in [3.8, 4) is 29.1 Å². The molecule has 0 radical (unpaired) electrons. The van der Waals surface area contributed by atoms with Gasteiger partial charge in [0, 0.05) is 11.1 Å². The predicted molar refractivity (Wildman–Crippen MR) is 107 cm³/mol. The Kier molecular flexibility index (Phi) is 4.79. The number of benzene rings is 2. The summed E-state index contributed by atoms with van der Waals surface area (Å²) in [5.41, 5.74) is 8.51. The summed E-state index contributed by atoms with van der Waals surface area (Å²) in [7, 11) is 3.14. The van der Waals surface area contributed by atoms with Gasteiger partial charge in [-0.3, -0.25) is 4.57 Å². The summed E-state index contributed by atoms with van der Waals surface area (Å²) >= 11 is 6.17. The fraction of sp³-hybridized carbons (Fsp3) is 0.143. The number of nitrogens with zero attached hydrogens (tertiary/aromatic N) is 3. The van der Waals surface area contributed by atoms with Crippen LogP contribution in [-0.4, -0.2) is 23.8 Å². The number of hydrogen-bond acceptors (Lipinski definition) is 6. The second-order valence-corrected chi connectivity index (χ2v) is 6.76. The van der Waals surface area contributed by atoms with Crippen LogP contribution in [0.25, 0.3) is 5.69 Å². The lowest BCUT2D eigenvalue weighted by Crippen LogP contribution is -2.22. The topological polar surface area (TPSA) is 95.3 Å². The Hall–Kier alpha value is -3.63. The zero-order valence-electron chi connectivity index (χ0n) is 15.7. The van der Waals surface area contributed by atoms with E-state index in [1.54, 1.807) is 49.4 Å². The molecule has 0 aliphatic carbocycles. The third-order valence-corrected chi connectivity index (χ3v) is 4.97. The first-order valence-electron chi connectivity index (χ1n) is 8.70. The quantitative estimate of drug-likeness (QED) is 0.706. The fourth-order valence-electron chi connectivity index (χ4n) is 3.38. The van der Waals surface area contributed by atoms with Gasteiger partial charge in [-0.1, -0.05) is 23.7 Å². The van der Waals surface area contributed by atoms with Crippen molar-refractivity contribution < 1.29 is 14.2 Å². The maximum absolute atomic E-state index is 9.67. The number of halogens is 1. The van der Waals surface area contributed by atoms with Crippen LogP contribution in [0.15, 0.2) is 60.2 Å². The highest BCUT2D eigenvalue weighted by molar-refractivity contribution is 6.30. The van der Waals surface area contributed by atoms with Crippen LogP contribution in [0.1, 0.15) is 17.2 Å². The van der Waals surface area contributed by atoms with E-state index in [9.17, 15) is 5.26 Å². The Morgan fingerprint density at radius 3 is 2.66 bits per heavy atom. The number of allylic oxidation sites excluding steroid dienone is 1. The minimum atomic E-state index is -0.483. The number of nitriles is 1. The highest BCUT2D eigenvalue weighted by Gasteiger charge is 2.34. The molecule has 2 N–H and O–H groups in total. The standard InChI is InChI=1S/C21H17ClN4O3/c1-27-16-7-6-14(9-17(16)28-2)26-11-25-19-18(12-4-3-5-13(22)8-12)15(10-23)20(24)29-21(19)26/h3-9,11,18H,24H2,1-2H3. The molecule has 29 heavy (non-hydrogen) atoms. The van der Waals surface area contributed by atoms with Crippen molar-refractivity contribution in [1.29, 1.82) is 5.26 Å². The number of rotatable bonds is 4. The van der Waals surface area contributed by atoms with Crippen molar-refractivity contribution in [2.75, 3.05) is 14.2 Å². The number of nitrogens with two attached hydrogens (primary N) is 1. The van der Waals surface area contributed by atoms with Gasteiger partial charge >= 0.3 is 0 Å². The number of fused-ring (bicyclic) bond motifs is 1. The Labute approximate surface area is 172 Å². The van der Waals surface area contributed by atoms with Gasteiger partial charge in [-0.15, -0.1) is 0 Å². The summed E-state index contributed by atoms with van der Waals surface area (Å²) in [5, 5.41) is 10.2. The monoisotopic (exact) mass is 408 g/mol. The molecular formula is C21H17ClN4O3. The molecule has 2 heterocycles. The second kappa shape index (κ2) is 7.41. The molecule has 4 rings (SSSR count). The van der Waals surface area contributed by atoms with Crippen molar-refractivity contribution in [3.05, 3.63) is 76.5 Å². The molecule has 1 aliphatic rings. The molecule has 0 amide bonds. The van der Waals surface area contributed by atoms with Crippen molar-refractivity contribution in [2.45, 2.75) is 5.92 Å². The van der Waals surface area contributed by atoms with E-state index in [1.807, 2.05) is 18.2 Å². The Bertz CT molecular complexity index is 1160. The van der Waals surface area contributed by atoms with Gasteiger partial charge in [0.25, 0.3) is 0 Å². The molecule has 0 bridgehead atoms. The van der Waals surface area contributed by atoms with Gasteiger partial charge in [0.15, 0.2) is 11.5 Å². The Balaban J connectivity index is 1.87. The van der Waals surface area contributed by atoms with Crippen molar-refractivity contribution in [1.82, 2.24) is 9.55 Å². The van der Waals surface area contributed by atoms with Gasteiger partial charge in [0.2, 0.25) is 11.8 Å². The molecule has 146 valence electrons. The molecule has 3 aromatic rings. The number of methoxy groups -OCH3 is 2. The minimum absolute atomic E-state index is 0.0344. The van der Waals surface area contributed by atoms with E-state index in [2.05, 4.69) is 11.1 Å². The van der Waals surface area contributed by atoms with Gasteiger partial charge in [0.05, 0.1) is 25.8 Å². The molecule has 0 saturated carbocycles. The van der Waals surface area contributed by atoms with Gasteiger partial charge in [-0.2, -0.15) is 5.26 Å². The first kappa shape index (κ1) is 18.7. The van der Waals surface area contributed by atoms with Crippen LogP contribution in [0.5, 0.6) is 17.4 Å². The van der Waals surface area contributed by atoms with Gasteiger partial charge < -0.3 is 19.9 Å². The van der Waals surface area contributed by atoms with E-state index >= 15 is 0 Å². The largest absolute Gasteiger partial charge is 0.493 e. The highest BCUT2D eigenvalue weighted by Crippen LogP contribution is 2.43. The lowest BCUT2D eigenvalue weighted by Gasteiger charge is -2.24. The van der Waals surface area contributed by atoms with Crippen LogP contribution in [0.4, 0.5) is 0 Å². The second-order valence-electron chi connectivity index (χ2n) is 6.32. The van der Waals surface area contributed by atoms with E-state index in [4.69, 9.17) is 31.5 Å². The summed E-state index contributed by atoms with van der Waals surface area (Å²) in [5.74, 6) is 1.15. The molecule has 7 nitrogen and oxygen atoms in total. The third-order valence-electron chi connectivity index (χ3n) is 4.73. The molecule has 1 aliphatic heterocycles. The van der Waals surface area contributed by atoms with Crippen molar-refractivity contribution >= 4 is 11.6 Å². The number of hydrogen-bond donors (Lipinski definition) is 1. The predicted octanol–water partition coefficient (Wildman–Crippen LogP) is 3.76. The molecule has 0 saturated heterocycles. The first-order chi connectivity index (χ1) is 14.1. The van der Waals surface area contributed by atoms with Crippen LogP contribution in [-0.2, 0) is 0 Å². The van der Waals surface area contributed by atoms with Crippen LogP contribution in [0.2, 0.25) is 5.02 Å². The average molecular weight is 409 g/mol. The summed E-state index contributed by atoms with van der Waals surface area (Å²) in [6.45, 7) is 0. The lowest BCUT2D eigenvalue weighted by atomic mass is 9.88. The summed E-state index contributed by atoms with van der Waals surface area (Å²) < 4.78 is 18.2. The number of imidazole rings is 1. The van der Waals surface area contributed by atoms with E-state index in [1.165, 1.54) is 0 Å². The number of aromatic nitrogens is 2. The van der Waals surface area contributed by atoms with E-state index in [0.29, 0.717) is 28.1 Å². The SMILES string of the molecule is COc1ccc(-n2cnc3c2OC(N)=C(C#N)C3c2cccc(Cl)c2)cc1OC. The Morgan fingerprint density at radius 2 is 1.97 bits per heavy atom. The molecule has 2 aromatic carbocycles. The highest BCUT2D eigenvalue weighted by atomic mass is 35.5.